The number of hydrogen-bond acceptors (Lipinski definition) is 3. The summed E-state index contributed by atoms with van der Waals surface area (Å²) in [4.78, 5) is 0. The van der Waals surface area contributed by atoms with Gasteiger partial charge in [-0.2, -0.15) is 11.8 Å². The maximum atomic E-state index is 9.33. The van der Waals surface area contributed by atoms with Crippen molar-refractivity contribution in [2.24, 2.45) is 0 Å². The first-order chi connectivity index (χ1) is 4.84. The van der Waals surface area contributed by atoms with Crippen molar-refractivity contribution in [2.75, 3.05) is 12.0 Å². The summed E-state index contributed by atoms with van der Waals surface area (Å²) < 4.78 is 4.81. The van der Waals surface area contributed by atoms with Gasteiger partial charge >= 0.3 is 0 Å². The van der Waals surface area contributed by atoms with Crippen molar-refractivity contribution in [3.05, 3.63) is 24.2 Å². The molecule has 0 spiro atoms. The summed E-state index contributed by atoms with van der Waals surface area (Å²) in [6.45, 7) is 0. The van der Waals surface area contributed by atoms with Crippen LogP contribution in [-0.2, 0) is 0 Å². The number of furan rings is 1. The fraction of sp³-hybridized carbons (Fsp3) is 0.429. The zero-order valence-electron chi connectivity index (χ0n) is 5.78. The number of rotatable bonds is 3. The van der Waals surface area contributed by atoms with Crippen molar-refractivity contribution in [3.63, 3.8) is 0 Å². The van der Waals surface area contributed by atoms with Crippen LogP contribution in [0.5, 0.6) is 0 Å². The van der Waals surface area contributed by atoms with Crippen molar-refractivity contribution >= 4 is 11.8 Å². The SMILES string of the molecule is CSCC(O)c1ccoc1. The molecule has 56 valence electrons. The highest BCUT2D eigenvalue weighted by Crippen LogP contribution is 2.16. The van der Waals surface area contributed by atoms with Crippen LogP contribution in [0.4, 0.5) is 0 Å². The van der Waals surface area contributed by atoms with Crippen molar-refractivity contribution < 1.29 is 9.52 Å². The molecule has 2 nitrogen and oxygen atoms in total. The van der Waals surface area contributed by atoms with Crippen molar-refractivity contribution in [3.8, 4) is 0 Å². The van der Waals surface area contributed by atoms with Gasteiger partial charge in [-0.15, -0.1) is 0 Å². The quantitative estimate of drug-likeness (QED) is 0.726. The van der Waals surface area contributed by atoms with E-state index in [2.05, 4.69) is 0 Å². The lowest BCUT2D eigenvalue weighted by atomic mass is 10.2. The first-order valence-corrected chi connectivity index (χ1v) is 4.43. The van der Waals surface area contributed by atoms with Gasteiger partial charge in [-0.1, -0.05) is 0 Å². The Balaban J connectivity index is 2.50. The van der Waals surface area contributed by atoms with Crippen LogP contribution in [0.3, 0.4) is 0 Å². The topological polar surface area (TPSA) is 33.4 Å². The van der Waals surface area contributed by atoms with E-state index in [1.165, 1.54) is 0 Å². The minimum atomic E-state index is -0.381. The fourth-order valence-electron chi connectivity index (χ4n) is 0.719. The molecule has 0 radical (unpaired) electrons. The van der Waals surface area contributed by atoms with Gasteiger partial charge in [0.25, 0.3) is 0 Å². The molecule has 1 aromatic rings. The van der Waals surface area contributed by atoms with Crippen molar-refractivity contribution in [1.82, 2.24) is 0 Å². The van der Waals surface area contributed by atoms with Gasteiger partial charge < -0.3 is 9.52 Å². The molecule has 1 atom stereocenters. The van der Waals surface area contributed by atoms with Crippen LogP contribution in [-0.4, -0.2) is 17.1 Å². The molecule has 1 rings (SSSR count). The van der Waals surface area contributed by atoms with Crippen molar-refractivity contribution in [2.45, 2.75) is 6.10 Å². The molecule has 0 aliphatic carbocycles. The molecule has 0 fully saturated rings. The standard InChI is InChI=1S/C7H10O2S/c1-10-5-7(8)6-2-3-9-4-6/h2-4,7-8H,5H2,1H3. The molecule has 0 saturated carbocycles. The van der Waals surface area contributed by atoms with Gasteiger partial charge in [0.15, 0.2) is 0 Å². The lowest BCUT2D eigenvalue weighted by Gasteiger charge is -2.03. The highest BCUT2D eigenvalue weighted by Gasteiger charge is 2.06. The predicted molar refractivity (Wildman–Crippen MR) is 42.0 cm³/mol. The average Bonchev–Trinajstić information content (AvgIpc) is 2.38. The van der Waals surface area contributed by atoms with Crippen LogP contribution in [0.2, 0.25) is 0 Å². The van der Waals surface area contributed by atoms with Gasteiger partial charge in [-0.25, -0.2) is 0 Å². The summed E-state index contributed by atoms with van der Waals surface area (Å²) in [6, 6.07) is 1.78. The Hall–Kier alpha value is -0.410. The van der Waals surface area contributed by atoms with E-state index in [1.807, 2.05) is 6.26 Å². The van der Waals surface area contributed by atoms with E-state index in [1.54, 1.807) is 30.4 Å². The van der Waals surface area contributed by atoms with E-state index in [4.69, 9.17) is 4.42 Å². The summed E-state index contributed by atoms with van der Waals surface area (Å²) >= 11 is 1.62. The summed E-state index contributed by atoms with van der Waals surface area (Å²) in [5.74, 6) is 0.722. The molecular formula is C7H10O2S. The first-order valence-electron chi connectivity index (χ1n) is 3.03. The maximum absolute atomic E-state index is 9.33. The van der Waals surface area contributed by atoms with Gasteiger partial charge in [0, 0.05) is 11.3 Å². The monoisotopic (exact) mass is 158 g/mol. The normalized spacial score (nSPS) is 13.4. The maximum Gasteiger partial charge on any atom is 0.0960 e. The molecule has 0 aliphatic rings. The number of hydrogen-bond donors (Lipinski definition) is 1. The van der Waals surface area contributed by atoms with Crippen LogP contribution in [0.15, 0.2) is 23.0 Å². The molecule has 0 amide bonds. The number of thioether (sulfide) groups is 1. The number of aliphatic hydroxyl groups excluding tert-OH is 1. The van der Waals surface area contributed by atoms with Crippen LogP contribution in [0.25, 0.3) is 0 Å². The predicted octanol–water partition coefficient (Wildman–Crippen LogP) is 1.68. The Labute approximate surface area is 64.2 Å². The molecule has 0 saturated heterocycles. The van der Waals surface area contributed by atoms with Gasteiger partial charge in [-0.05, 0) is 12.3 Å². The highest BCUT2D eigenvalue weighted by atomic mass is 32.2. The van der Waals surface area contributed by atoms with Crippen molar-refractivity contribution in [1.29, 1.82) is 0 Å². The molecule has 1 heterocycles. The zero-order chi connectivity index (χ0) is 7.40. The first kappa shape index (κ1) is 7.69. The smallest absolute Gasteiger partial charge is 0.0960 e. The van der Waals surface area contributed by atoms with E-state index in [0.717, 1.165) is 11.3 Å². The van der Waals surface area contributed by atoms with Crippen LogP contribution in [0.1, 0.15) is 11.7 Å². The Morgan fingerprint density at radius 2 is 2.60 bits per heavy atom. The zero-order valence-corrected chi connectivity index (χ0v) is 6.60. The summed E-state index contributed by atoms with van der Waals surface area (Å²) in [5, 5.41) is 9.33. The Morgan fingerprint density at radius 1 is 1.80 bits per heavy atom. The summed E-state index contributed by atoms with van der Waals surface area (Å²) in [6.07, 6.45) is 4.72. The van der Waals surface area contributed by atoms with Crippen LogP contribution < -0.4 is 0 Å². The second-order valence-electron chi connectivity index (χ2n) is 2.03. The molecule has 1 N–H and O–H groups in total. The number of aliphatic hydroxyl groups is 1. The second kappa shape index (κ2) is 3.68. The van der Waals surface area contributed by atoms with E-state index in [-0.39, 0.29) is 6.10 Å². The molecule has 1 aromatic heterocycles. The second-order valence-corrected chi connectivity index (χ2v) is 2.94. The Kier molecular flexibility index (Phi) is 2.83. The lowest BCUT2D eigenvalue weighted by molar-refractivity contribution is 0.203. The van der Waals surface area contributed by atoms with E-state index < -0.39 is 0 Å². The minimum absolute atomic E-state index is 0.381. The highest BCUT2D eigenvalue weighted by molar-refractivity contribution is 7.98. The summed E-state index contributed by atoms with van der Waals surface area (Å²) in [7, 11) is 0. The molecule has 1 unspecified atom stereocenters. The average molecular weight is 158 g/mol. The van der Waals surface area contributed by atoms with E-state index in [0.29, 0.717) is 0 Å². The Morgan fingerprint density at radius 3 is 3.10 bits per heavy atom. The molecule has 0 aromatic carbocycles. The largest absolute Gasteiger partial charge is 0.472 e. The molecule has 0 bridgehead atoms. The van der Waals surface area contributed by atoms with Gasteiger partial charge in [0.2, 0.25) is 0 Å². The minimum Gasteiger partial charge on any atom is -0.472 e. The fourth-order valence-corrected chi connectivity index (χ4v) is 1.23. The Bertz CT molecular complexity index is 172. The van der Waals surface area contributed by atoms with Crippen LogP contribution in [0, 0.1) is 0 Å². The van der Waals surface area contributed by atoms with Crippen LogP contribution >= 0.6 is 11.8 Å². The third-order valence-corrected chi connectivity index (χ3v) is 1.90. The van der Waals surface area contributed by atoms with E-state index in [9.17, 15) is 5.11 Å². The third kappa shape index (κ3) is 1.78. The van der Waals surface area contributed by atoms with Gasteiger partial charge in [-0.3, -0.25) is 0 Å². The molecule has 3 heteroatoms. The molecular weight excluding hydrogens is 148 g/mol. The lowest BCUT2D eigenvalue weighted by Crippen LogP contribution is -1.97. The summed E-state index contributed by atoms with van der Waals surface area (Å²) in [5.41, 5.74) is 0.856. The van der Waals surface area contributed by atoms with E-state index >= 15 is 0 Å². The molecule has 10 heavy (non-hydrogen) atoms. The molecule has 0 aliphatic heterocycles. The van der Waals surface area contributed by atoms with Gasteiger partial charge in [0.05, 0.1) is 18.6 Å². The van der Waals surface area contributed by atoms with Gasteiger partial charge in [0.1, 0.15) is 0 Å². The third-order valence-electron chi connectivity index (χ3n) is 1.25.